The van der Waals surface area contributed by atoms with Crippen molar-refractivity contribution >= 4 is 11.0 Å². The molecular weight excluding hydrogens is 760 g/mol. The lowest BCUT2D eigenvalue weighted by atomic mass is 9.98. The van der Waals surface area contributed by atoms with E-state index in [1.165, 1.54) is 26.2 Å². The molecule has 3 aliphatic heterocycles. The monoisotopic (exact) mass is 808 g/mol. The number of rotatable bonds is 11. The summed E-state index contributed by atoms with van der Waals surface area (Å²) in [4.78, 5) is 14.7. The fourth-order valence-electron chi connectivity index (χ4n) is 6.71. The van der Waals surface area contributed by atoms with Crippen LogP contribution in [0.2, 0.25) is 0 Å². The van der Waals surface area contributed by atoms with Gasteiger partial charge in [0.1, 0.15) is 83.2 Å². The molecule has 0 spiro atoms. The fraction of sp³-hybridized carbons (Fsp3) is 0.553. The van der Waals surface area contributed by atoms with Crippen LogP contribution in [-0.4, -0.2) is 157 Å². The van der Waals surface area contributed by atoms with Gasteiger partial charge < -0.3 is 88.6 Å². The Morgan fingerprint density at radius 2 is 1.53 bits per heavy atom. The van der Waals surface area contributed by atoms with Crippen LogP contribution in [0.4, 0.5) is 0 Å². The Balaban J connectivity index is 1.50. The quantitative estimate of drug-likeness (QED) is 0.0990. The average molecular weight is 809 g/mol. The van der Waals surface area contributed by atoms with Gasteiger partial charge in [0.15, 0.2) is 18.2 Å². The molecular formula is C38H48O19. The van der Waals surface area contributed by atoms with Crippen molar-refractivity contribution in [3.8, 4) is 34.3 Å². The van der Waals surface area contributed by atoms with Crippen LogP contribution >= 0.6 is 0 Å². The van der Waals surface area contributed by atoms with E-state index in [-0.39, 0.29) is 34.6 Å². The first-order valence-electron chi connectivity index (χ1n) is 18.2. The molecule has 19 nitrogen and oxygen atoms in total. The van der Waals surface area contributed by atoms with Crippen LogP contribution < -0.4 is 19.6 Å². The van der Waals surface area contributed by atoms with Gasteiger partial charge in [0.05, 0.1) is 26.4 Å². The van der Waals surface area contributed by atoms with E-state index in [1.54, 1.807) is 32.1 Å². The Morgan fingerprint density at radius 3 is 2.18 bits per heavy atom. The molecule has 314 valence electrons. The summed E-state index contributed by atoms with van der Waals surface area (Å²) in [5.41, 5.74) is 0.0639. The lowest BCUT2D eigenvalue weighted by Gasteiger charge is -2.44. The van der Waals surface area contributed by atoms with Gasteiger partial charge in [-0.3, -0.25) is 4.79 Å². The van der Waals surface area contributed by atoms with E-state index in [9.17, 15) is 55.9 Å². The zero-order valence-electron chi connectivity index (χ0n) is 31.3. The van der Waals surface area contributed by atoms with Crippen molar-refractivity contribution in [2.45, 2.75) is 113 Å². The molecule has 0 radical (unpaired) electrons. The maximum Gasteiger partial charge on any atom is 0.239 e. The van der Waals surface area contributed by atoms with Crippen molar-refractivity contribution in [2.75, 3.05) is 20.3 Å². The lowest BCUT2D eigenvalue weighted by Crippen LogP contribution is -2.62. The molecule has 0 amide bonds. The molecule has 14 atom stereocenters. The lowest BCUT2D eigenvalue weighted by molar-refractivity contribution is -0.341. The number of methoxy groups -OCH3 is 1. The van der Waals surface area contributed by atoms with Crippen LogP contribution in [0.3, 0.4) is 0 Å². The number of phenols is 1. The number of phenolic OH excluding ortho intramolecular Hbond substituents is 1. The van der Waals surface area contributed by atoms with Crippen LogP contribution in [-0.2, 0) is 25.4 Å². The molecule has 3 saturated heterocycles. The third kappa shape index (κ3) is 8.48. The maximum absolute atomic E-state index is 14.7. The van der Waals surface area contributed by atoms with E-state index in [0.29, 0.717) is 5.75 Å². The Labute approximate surface area is 325 Å². The molecule has 0 saturated carbocycles. The van der Waals surface area contributed by atoms with Gasteiger partial charge in [-0.25, -0.2) is 0 Å². The average Bonchev–Trinajstić information content (AvgIpc) is 3.19. The highest BCUT2D eigenvalue weighted by Crippen LogP contribution is 2.42. The van der Waals surface area contributed by atoms with Crippen LogP contribution in [0.1, 0.15) is 26.3 Å². The number of hydrogen-bond donors (Lipinski definition) is 10. The molecule has 0 unspecified atom stereocenters. The third-order valence-corrected chi connectivity index (χ3v) is 10.1. The van der Waals surface area contributed by atoms with E-state index in [2.05, 4.69) is 0 Å². The van der Waals surface area contributed by atoms with Gasteiger partial charge in [-0.2, -0.15) is 0 Å². The molecule has 10 N–H and O–H groups in total. The normalized spacial score (nSPS) is 34.5. The SMILES string of the molecule is COc1ccc(-c2oc3c(CC=C(C)C)c(O[C@H]4O[C@H](CO)[C@@H](O)[C@H](O)[C@H]4O)cc(O)c3c(=O)c2O[C@@H]2O[C@@H](C)[C@H](O)[C@@H](O)[C@H]2O[C@H]2OC[C@@H](O)[C@H](O)[C@H]2O)cc1. The summed E-state index contributed by atoms with van der Waals surface area (Å²) in [6, 6.07) is 7.26. The Morgan fingerprint density at radius 1 is 0.842 bits per heavy atom. The predicted molar refractivity (Wildman–Crippen MR) is 193 cm³/mol. The molecule has 4 heterocycles. The van der Waals surface area contributed by atoms with E-state index < -0.39 is 122 Å². The zero-order valence-corrected chi connectivity index (χ0v) is 31.3. The van der Waals surface area contributed by atoms with Gasteiger partial charge in [0.25, 0.3) is 0 Å². The Bertz CT molecular complexity index is 1940. The van der Waals surface area contributed by atoms with Gasteiger partial charge in [-0.1, -0.05) is 11.6 Å². The Hall–Kier alpha value is -3.93. The molecule has 1 aromatic heterocycles. The van der Waals surface area contributed by atoms with Gasteiger partial charge in [0.2, 0.25) is 23.8 Å². The number of hydrogen-bond acceptors (Lipinski definition) is 19. The zero-order chi connectivity index (χ0) is 41.5. The minimum Gasteiger partial charge on any atom is -0.507 e. The van der Waals surface area contributed by atoms with Crippen molar-refractivity contribution in [1.82, 2.24) is 0 Å². The van der Waals surface area contributed by atoms with Gasteiger partial charge in [-0.15, -0.1) is 0 Å². The molecule has 2 aromatic carbocycles. The number of ether oxygens (including phenoxy) is 7. The van der Waals surface area contributed by atoms with Crippen molar-refractivity contribution in [2.24, 2.45) is 0 Å². The minimum atomic E-state index is -1.81. The first-order valence-corrected chi connectivity index (χ1v) is 18.2. The molecule has 6 rings (SSSR count). The number of aliphatic hydroxyl groups excluding tert-OH is 9. The largest absolute Gasteiger partial charge is 0.507 e. The number of benzene rings is 2. The van der Waals surface area contributed by atoms with E-state index in [0.717, 1.165) is 11.6 Å². The number of aromatic hydroxyl groups is 1. The maximum atomic E-state index is 14.7. The second kappa shape index (κ2) is 17.5. The summed E-state index contributed by atoms with van der Waals surface area (Å²) in [5.74, 6) is -1.21. The molecule has 19 heteroatoms. The summed E-state index contributed by atoms with van der Waals surface area (Å²) < 4.78 is 46.5. The second-order valence-electron chi connectivity index (χ2n) is 14.4. The first-order chi connectivity index (χ1) is 27.1. The Kier molecular flexibility index (Phi) is 13.1. The molecule has 0 aliphatic carbocycles. The summed E-state index contributed by atoms with van der Waals surface area (Å²) in [6.07, 6.45) is -21.0. The molecule has 3 fully saturated rings. The smallest absolute Gasteiger partial charge is 0.239 e. The van der Waals surface area contributed by atoms with E-state index >= 15 is 0 Å². The van der Waals surface area contributed by atoms with E-state index in [1.807, 2.05) is 0 Å². The molecule has 3 aliphatic rings. The summed E-state index contributed by atoms with van der Waals surface area (Å²) in [7, 11) is 1.45. The van der Waals surface area contributed by atoms with E-state index in [4.69, 9.17) is 37.6 Å². The van der Waals surface area contributed by atoms with Crippen LogP contribution in [0.25, 0.3) is 22.3 Å². The van der Waals surface area contributed by atoms with Crippen LogP contribution in [0.15, 0.2) is 51.2 Å². The van der Waals surface area contributed by atoms with Crippen LogP contribution in [0.5, 0.6) is 23.0 Å². The van der Waals surface area contributed by atoms with Crippen LogP contribution in [0, 0.1) is 0 Å². The minimum absolute atomic E-state index is 0.0184. The third-order valence-electron chi connectivity index (χ3n) is 10.1. The van der Waals surface area contributed by atoms with Gasteiger partial charge >= 0.3 is 0 Å². The van der Waals surface area contributed by atoms with Crippen molar-refractivity contribution in [3.05, 3.63) is 57.8 Å². The van der Waals surface area contributed by atoms with Crippen molar-refractivity contribution in [3.63, 3.8) is 0 Å². The van der Waals surface area contributed by atoms with Gasteiger partial charge in [0, 0.05) is 17.2 Å². The molecule has 57 heavy (non-hydrogen) atoms. The summed E-state index contributed by atoms with van der Waals surface area (Å²) >= 11 is 0. The number of aliphatic hydroxyl groups is 9. The molecule has 0 bridgehead atoms. The highest BCUT2D eigenvalue weighted by atomic mass is 16.8. The summed E-state index contributed by atoms with van der Waals surface area (Å²) in [6.45, 7) is 3.84. The highest BCUT2D eigenvalue weighted by Gasteiger charge is 2.50. The first kappa shape index (κ1) is 42.7. The highest BCUT2D eigenvalue weighted by molar-refractivity contribution is 5.91. The van der Waals surface area contributed by atoms with Crippen molar-refractivity contribution < 1.29 is 88.6 Å². The standard InChI is InChI=1S/C38H48O19/c1-14(2)5-10-18-21(53-37-31(49)28(46)26(44)22(12-39)54-37)11-19(40)23-27(45)34(32(55-33(18)23)16-6-8-17(50-4)9-7-16)56-38-35(29(47)24(42)15(3)52-38)57-36-30(48)25(43)20(41)13-51-36/h5-9,11,15,20,22,24-26,28-31,35-44,46-49H,10,12-13H2,1-4H3/t15-,20+,22+,24-,25-,26+,28-,29+,30+,31+,35+,36+,37-,38-/m0/s1. The molecule has 3 aromatic rings. The van der Waals surface area contributed by atoms with Gasteiger partial charge in [-0.05, 0) is 51.5 Å². The predicted octanol–water partition coefficient (Wildman–Crippen LogP) is -1.47. The number of fused-ring (bicyclic) bond motifs is 1. The number of allylic oxidation sites excluding steroid dienone is 2. The second-order valence-corrected chi connectivity index (χ2v) is 14.4. The van der Waals surface area contributed by atoms with Crippen molar-refractivity contribution in [1.29, 1.82) is 0 Å². The fourth-order valence-corrected chi connectivity index (χ4v) is 6.71. The summed E-state index contributed by atoms with van der Waals surface area (Å²) in [5, 5.41) is 105. The topological polar surface area (TPSA) is 297 Å².